The Bertz CT molecular complexity index is 752. The summed E-state index contributed by atoms with van der Waals surface area (Å²) < 4.78 is 6.27. The van der Waals surface area contributed by atoms with Gasteiger partial charge in [-0.3, -0.25) is 9.59 Å². The molecule has 2 heterocycles. The van der Waals surface area contributed by atoms with Crippen LogP contribution in [0.15, 0.2) is 18.2 Å². The summed E-state index contributed by atoms with van der Waals surface area (Å²) in [6.45, 7) is 2.73. The van der Waals surface area contributed by atoms with Crippen LogP contribution >= 0.6 is 11.3 Å². The summed E-state index contributed by atoms with van der Waals surface area (Å²) in [7, 11) is 1.62. The first kappa shape index (κ1) is 14.8. The lowest BCUT2D eigenvalue weighted by atomic mass is 10.1. The second-order valence-electron chi connectivity index (χ2n) is 5.49. The van der Waals surface area contributed by atoms with Crippen LogP contribution in [0.3, 0.4) is 0 Å². The number of likely N-dealkylation sites (tertiary alicyclic amines) is 1. The fourth-order valence-electron chi connectivity index (χ4n) is 2.82. The Kier molecular flexibility index (Phi) is 3.78. The van der Waals surface area contributed by atoms with Gasteiger partial charge in [-0.25, -0.2) is 0 Å². The van der Waals surface area contributed by atoms with E-state index in [0.717, 1.165) is 21.4 Å². The highest BCUT2D eigenvalue weighted by Crippen LogP contribution is 2.34. The molecule has 1 atom stereocenters. The van der Waals surface area contributed by atoms with E-state index in [0.29, 0.717) is 24.4 Å². The number of carbonyl (C=O) groups is 2. The molecule has 1 fully saturated rings. The van der Waals surface area contributed by atoms with Crippen molar-refractivity contribution in [3.8, 4) is 5.75 Å². The number of hydrogen-bond acceptors (Lipinski definition) is 4. The van der Waals surface area contributed by atoms with E-state index in [1.165, 1.54) is 11.3 Å². The average Bonchev–Trinajstić information content (AvgIpc) is 3.12. The lowest BCUT2D eigenvalue weighted by Crippen LogP contribution is -2.29. The largest absolute Gasteiger partial charge is 0.497 e. The van der Waals surface area contributed by atoms with Crippen LogP contribution in [0, 0.1) is 12.8 Å². The van der Waals surface area contributed by atoms with Gasteiger partial charge in [-0.1, -0.05) is 0 Å². The zero-order valence-electron chi connectivity index (χ0n) is 12.5. The number of ether oxygens (including phenoxy) is 1. The third-order valence-corrected chi connectivity index (χ3v) is 5.42. The molecule has 0 radical (unpaired) electrons. The highest BCUT2D eigenvalue weighted by Gasteiger charge is 2.32. The molecular weight excluding hydrogens is 302 g/mol. The van der Waals surface area contributed by atoms with Crippen LogP contribution in [-0.2, 0) is 4.79 Å². The monoisotopic (exact) mass is 319 g/mol. The maximum Gasteiger partial charge on any atom is 0.308 e. The molecule has 1 unspecified atom stereocenters. The maximum atomic E-state index is 12.7. The van der Waals surface area contributed by atoms with Crippen LogP contribution in [0.4, 0.5) is 0 Å². The predicted octanol–water partition coefficient (Wildman–Crippen LogP) is 2.77. The molecule has 1 saturated heterocycles. The van der Waals surface area contributed by atoms with Gasteiger partial charge in [0.05, 0.1) is 17.9 Å². The van der Waals surface area contributed by atoms with Crippen LogP contribution in [-0.4, -0.2) is 42.1 Å². The minimum Gasteiger partial charge on any atom is -0.497 e. The van der Waals surface area contributed by atoms with Gasteiger partial charge in [0.25, 0.3) is 5.91 Å². The Balaban J connectivity index is 1.91. The number of amides is 1. The average molecular weight is 319 g/mol. The van der Waals surface area contributed by atoms with Gasteiger partial charge >= 0.3 is 5.97 Å². The molecule has 1 N–H and O–H groups in total. The van der Waals surface area contributed by atoms with Gasteiger partial charge < -0.3 is 14.7 Å². The number of nitrogens with zero attached hydrogens (tertiary/aromatic N) is 1. The molecule has 5 nitrogen and oxygen atoms in total. The number of aryl methyl sites for hydroxylation is 1. The van der Waals surface area contributed by atoms with Crippen LogP contribution in [0.2, 0.25) is 0 Å². The Morgan fingerprint density at radius 1 is 1.41 bits per heavy atom. The standard InChI is InChI=1S/C16H17NO4S/c1-9-12-7-11(21-2)3-4-13(12)22-14(9)15(18)17-6-5-10(8-17)16(19)20/h3-4,7,10H,5-6,8H2,1-2H3,(H,19,20). The zero-order chi connectivity index (χ0) is 15.9. The fourth-order valence-corrected chi connectivity index (χ4v) is 3.98. The lowest BCUT2D eigenvalue weighted by molar-refractivity contribution is -0.141. The van der Waals surface area contributed by atoms with Crippen molar-refractivity contribution < 1.29 is 19.4 Å². The molecule has 0 bridgehead atoms. The van der Waals surface area contributed by atoms with Gasteiger partial charge in [-0.05, 0) is 42.5 Å². The smallest absolute Gasteiger partial charge is 0.308 e. The number of rotatable bonds is 3. The molecule has 1 aromatic heterocycles. The van der Waals surface area contributed by atoms with Crippen molar-refractivity contribution in [2.45, 2.75) is 13.3 Å². The van der Waals surface area contributed by atoms with Crippen molar-refractivity contribution in [2.24, 2.45) is 5.92 Å². The third kappa shape index (κ3) is 2.43. The topological polar surface area (TPSA) is 66.8 Å². The Morgan fingerprint density at radius 3 is 2.82 bits per heavy atom. The van der Waals surface area contributed by atoms with Crippen molar-refractivity contribution in [2.75, 3.05) is 20.2 Å². The first-order chi connectivity index (χ1) is 10.5. The molecule has 1 amide bonds. The van der Waals surface area contributed by atoms with E-state index < -0.39 is 11.9 Å². The number of fused-ring (bicyclic) bond motifs is 1. The van der Waals surface area contributed by atoms with Crippen molar-refractivity contribution in [1.82, 2.24) is 4.90 Å². The Hall–Kier alpha value is -2.08. The van der Waals surface area contributed by atoms with Crippen molar-refractivity contribution in [3.05, 3.63) is 28.6 Å². The maximum absolute atomic E-state index is 12.7. The van der Waals surface area contributed by atoms with Gasteiger partial charge in [0.1, 0.15) is 5.75 Å². The summed E-state index contributed by atoms with van der Waals surface area (Å²) in [5.74, 6) is -0.576. The van der Waals surface area contributed by atoms with E-state index >= 15 is 0 Å². The van der Waals surface area contributed by atoms with Crippen LogP contribution in [0.1, 0.15) is 21.7 Å². The number of carboxylic acid groups (broad SMARTS) is 1. The van der Waals surface area contributed by atoms with Gasteiger partial charge in [-0.15, -0.1) is 11.3 Å². The minimum absolute atomic E-state index is 0.0681. The molecule has 116 valence electrons. The van der Waals surface area contributed by atoms with Crippen molar-refractivity contribution >= 4 is 33.3 Å². The molecule has 0 aliphatic carbocycles. The molecule has 1 aliphatic heterocycles. The normalized spacial score (nSPS) is 17.9. The Labute approximate surface area is 132 Å². The van der Waals surface area contributed by atoms with Gasteiger partial charge in [0, 0.05) is 17.8 Å². The zero-order valence-corrected chi connectivity index (χ0v) is 13.3. The molecule has 1 aromatic carbocycles. The second-order valence-corrected chi connectivity index (χ2v) is 6.55. The third-order valence-electron chi connectivity index (χ3n) is 4.16. The van der Waals surface area contributed by atoms with E-state index in [1.807, 2.05) is 25.1 Å². The quantitative estimate of drug-likeness (QED) is 0.944. The van der Waals surface area contributed by atoms with Gasteiger partial charge in [0.15, 0.2) is 0 Å². The molecular formula is C16H17NO4S. The fraction of sp³-hybridized carbons (Fsp3) is 0.375. The summed E-state index contributed by atoms with van der Waals surface area (Å²) in [4.78, 5) is 26.0. The van der Waals surface area contributed by atoms with E-state index in [-0.39, 0.29) is 5.91 Å². The Morgan fingerprint density at radius 2 is 2.18 bits per heavy atom. The summed E-state index contributed by atoms with van der Waals surface area (Å²) in [5, 5.41) is 10.1. The predicted molar refractivity (Wildman–Crippen MR) is 84.8 cm³/mol. The summed E-state index contributed by atoms with van der Waals surface area (Å²) in [6, 6.07) is 5.76. The number of methoxy groups -OCH3 is 1. The highest BCUT2D eigenvalue weighted by molar-refractivity contribution is 7.21. The molecule has 0 spiro atoms. The molecule has 2 aromatic rings. The molecule has 6 heteroatoms. The van der Waals surface area contributed by atoms with E-state index in [9.17, 15) is 9.59 Å². The molecule has 22 heavy (non-hydrogen) atoms. The van der Waals surface area contributed by atoms with E-state index in [2.05, 4.69) is 0 Å². The number of carboxylic acids is 1. The van der Waals surface area contributed by atoms with Gasteiger partial charge in [-0.2, -0.15) is 0 Å². The first-order valence-electron chi connectivity index (χ1n) is 7.10. The van der Waals surface area contributed by atoms with Crippen LogP contribution in [0.5, 0.6) is 5.75 Å². The van der Waals surface area contributed by atoms with E-state index in [1.54, 1.807) is 12.0 Å². The first-order valence-corrected chi connectivity index (χ1v) is 7.92. The van der Waals surface area contributed by atoms with E-state index in [4.69, 9.17) is 9.84 Å². The summed E-state index contributed by atoms with van der Waals surface area (Å²) in [6.07, 6.45) is 0.527. The molecule has 0 saturated carbocycles. The summed E-state index contributed by atoms with van der Waals surface area (Å²) >= 11 is 1.45. The lowest BCUT2D eigenvalue weighted by Gasteiger charge is -2.15. The molecule has 1 aliphatic rings. The molecule has 3 rings (SSSR count). The van der Waals surface area contributed by atoms with Gasteiger partial charge in [0.2, 0.25) is 0 Å². The number of benzene rings is 1. The minimum atomic E-state index is -0.826. The van der Waals surface area contributed by atoms with Crippen molar-refractivity contribution in [3.63, 3.8) is 0 Å². The highest BCUT2D eigenvalue weighted by atomic mass is 32.1. The van der Waals surface area contributed by atoms with Crippen LogP contribution in [0.25, 0.3) is 10.1 Å². The van der Waals surface area contributed by atoms with Crippen molar-refractivity contribution in [1.29, 1.82) is 0 Å². The number of carbonyl (C=O) groups excluding carboxylic acids is 1. The number of aliphatic carboxylic acids is 1. The summed E-state index contributed by atoms with van der Waals surface area (Å²) in [5.41, 5.74) is 0.933. The van der Waals surface area contributed by atoms with Crippen LogP contribution < -0.4 is 4.74 Å². The second kappa shape index (κ2) is 5.61. The number of thiophene rings is 1. The number of hydrogen-bond donors (Lipinski definition) is 1. The SMILES string of the molecule is COc1ccc2sc(C(=O)N3CCC(C(=O)O)C3)c(C)c2c1.